The summed E-state index contributed by atoms with van der Waals surface area (Å²) in [6.07, 6.45) is -1.19. The predicted octanol–water partition coefficient (Wildman–Crippen LogP) is -1.07. The molecule has 0 saturated heterocycles. The molecule has 0 bridgehead atoms. The minimum atomic E-state index is -0.833. The lowest BCUT2D eigenvalue weighted by Gasteiger charge is -2.09. The summed E-state index contributed by atoms with van der Waals surface area (Å²) < 4.78 is 4.25. The number of aliphatic carboxylic acids is 1. The zero-order valence-electron chi connectivity index (χ0n) is 12.6. The molecule has 7 N–H and O–H groups in total. The van der Waals surface area contributed by atoms with E-state index in [9.17, 15) is 0 Å². The van der Waals surface area contributed by atoms with E-state index in [0.29, 0.717) is 0 Å². The van der Waals surface area contributed by atoms with Gasteiger partial charge in [-0.1, -0.05) is 0 Å². The van der Waals surface area contributed by atoms with Crippen LogP contribution in [0.3, 0.4) is 0 Å². The summed E-state index contributed by atoms with van der Waals surface area (Å²) in [5.74, 6) is -0.833. The number of carboxylic acid groups (broad SMARTS) is 1. The topological polar surface area (TPSA) is 145 Å². The maximum Gasteiger partial charge on any atom is 0.300 e. The summed E-state index contributed by atoms with van der Waals surface area (Å²) in [4.78, 5) is 9.00. The van der Waals surface area contributed by atoms with Crippen LogP contribution in [0.4, 0.5) is 0 Å². The highest BCUT2D eigenvalue weighted by Gasteiger charge is 1.94. The SMILES string of the molecule is CC(=O)O.CC(N)NC(C)O.CC(O)CO.COC. The largest absolute Gasteiger partial charge is 0.481 e. The second-order valence-corrected chi connectivity index (χ2v) is 3.59. The number of aliphatic hydroxyl groups excluding tert-OH is 3. The fraction of sp³-hybridized carbons (Fsp3) is 0.909. The van der Waals surface area contributed by atoms with E-state index in [-0.39, 0.29) is 12.8 Å². The van der Waals surface area contributed by atoms with Crippen LogP contribution in [0.5, 0.6) is 0 Å². The summed E-state index contributed by atoms with van der Waals surface area (Å²) in [5, 5.41) is 34.6. The van der Waals surface area contributed by atoms with E-state index in [2.05, 4.69) is 10.1 Å². The van der Waals surface area contributed by atoms with Gasteiger partial charge < -0.3 is 30.9 Å². The third-order valence-electron chi connectivity index (χ3n) is 0.768. The Bertz CT molecular complexity index is 155. The highest BCUT2D eigenvalue weighted by Crippen LogP contribution is 1.71. The van der Waals surface area contributed by atoms with E-state index in [0.717, 1.165) is 6.92 Å². The fourth-order valence-electron chi connectivity index (χ4n) is 0.380. The van der Waals surface area contributed by atoms with E-state index in [1.54, 1.807) is 28.1 Å². The Morgan fingerprint density at radius 3 is 1.47 bits per heavy atom. The molecule has 0 aliphatic rings. The highest BCUT2D eigenvalue weighted by atomic mass is 16.4. The molecular formula is C11H30N2O6. The quantitative estimate of drug-likeness (QED) is 0.360. The lowest BCUT2D eigenvalue weighted by Crippen LogP contribution is -2.40. The minimum absolute atomic E-state index is 0.125. The first-order chi connectivity index (χ1) is 8.54. The van der Waals surface area contributed by atoms with Crippen LogP contribution in [0.1, 0.15) is 27.7 Å². The van der Waals surface area contributed by atoms with Gasteiger partial charge in [-0.3, -0.25) is 10.1 Å². The van der Waals surface area contributed by atoms with Gasteiger partial charge in [0.1, 0.15) is 6.23 Å². The predicted molar refractivity (Wildman–Crippen MR) is 73.5 cm³/mol. The normalized spacial score (nSPS) is 13.2. The van der Waals surface area contributed by atoms with Gasteiger partial charge in [0.25, 0.3) is 5.97 Å². The van der Waals surface area contributed by atoms with E-state index >= 15 is 0 Å². The second-order valence-electron chi connectivity index (χ2n) is 3.59. The van der Waals surface area contributed by atoms with Gasteiger partial charge in [0, 0.05) is 21.1 Å². The van der Waals surface area contributed by atoms with E-state index in [4.69, 9.17) is 31.0 Å². The number of hydrogen-bond donors (Lipinski definition) is 6. The van der Waals surface area contributed by atoms with Crippen molar-refractivity contribution in [3.05, 3.63) is 0 Å². The number of rotatable bonds is 3. The summed E-state index contributed by atoms with van der Waals surface area (Å²) in [7, 11) is 3.25. The maximum atomic E-state index is 9.00. The standard InChI is InChI=1S/C4H12N2O.C3H8O2.C2H4O2.C2H6O/c1-3(5)6-4(2)7;1-3(5)2-4;1-2(3)4;1-3-2/h3-4,6-7H,5H2,1-2H3;3-5H,2H2,1H3;1H3,(H,3,4);1-2H3. The van der Waals surface area contributed by atoms with Crippen LogP contribution in [-0.4, -0.2) is 65.7 Å². The number of nitrogens with two attached hydrogens (primary N) is 1. The minimum Gasteiger partial charge on any atom is -0.481 e. The van der Waals surface area contributed by atoms with Crippen LogP contribution in [0.15, 0.2) is 0 Å². The molecule has 0 fully saturated rings. The Morgan fingerprint density at radius 1 is 1.26 bits per heavy atom. The van der Waals surface area contributed by atoms with Crippen molar-refractivity contribution in [2.75, 3.05) is 20.8 Å². The van der Waals surface area contributed by atoms with Crippen LogP contribution in [-0.2, 0) is 9.53 Å². The number of ether oxygens (including phenoxy) is 1. The van der Waals surface area contributed by atoms with Crippen LogP contribution in [0.25, 0.3) is 0 Å². The molecular weight excluding hydrogens is 256 g/mol. The molecule has 0 aromatic carbocycles. The van der Waals surface area contributed by atoms with Crippen molar-refractivity contribution in [3.63, 3.8) is 0 Å². The lowest BCUT2D eigenvalue weighted by atomic mass is 10.5. The molecule has 8 nitrogen and oxygen atoms in total. The summed E-state index contributed by atoms with van der Waals surface area (Å²) in [6.45, 7) is 5.87. The number of aliphatic hydroxyl groups is 3. The zero-order chi connectivity index (χ0) is 16.4. The van der Waals surface area contributed by atoms with Gasteiger partial charge in [-0.25, -0.2) is 0 Å². The van der Waals surface area contributed by atoms with Gasteiger partial charge in [-0.15, -0.1) is 0 Å². The molecule has 0 aliphatic carbocycles. The molecule has 0 heterocycles. The molecule has 0 rings (SSSR count). The van der Waals surface area contributed by atoms with E-state index < -0.39 is 18.3 Å². The van der Waals surface area contributed by atoms with Crippen molar-refractivity contribution in [3.8, 4) is 0 Å². The number of carboxylic acids is 1. The van der Waals surface area contributed by atoms with Crippen molar-refractivity contribution >= 4 is 5.97 Å². The Morgan fingerprint density at radius 2 is 1.47 bits per heavy atom. The Labute approximate surface area is 115 Å². The van der Waals surface area contributed by atoms with Gasteiger partial charge in [0.15, 0.2) is 0 Å². The van der Waals surface area contributed by atoms with Crippen molar-refractivity contribution < 1.29 is 30.0 Å². The molecule has 0 amide bonds. The van der Waals surface area contributed by atoms with Crippen LogP contribution in [0.2, 0.25) is 0 Å². The molecule has 3 unspecified atom stereocenters. The first-order valence-corrected chi connectivity index (χ1v) is 5.63. The third kappa shape index (κ3) is 146. The average Bonchev–Trinajstić information content (AvgIpc) is 2.16. The molecule has 0 saturated carbocycles. The molecule has 0 radical (unpaired) electrons. The molecule has 120 valence electrons. The molecule has 3 atom stereocenters. The summed E-state index contributed by atoms with van der Waals surface area (Å²) in [5.41, 5.74) is 5.22. The van der Waals surface area contributed by atoms with Crippen molar-refractivity contribution in [1.29, 1.82) is 0 Å². The Hall–Kier alpha value is -0.770. The summed E-state index contributed by atoms with van der Waals surface area (Å²) >= 11 is 0. The van der Waals surface area contributed by atoms with Gasteiger partial charge in [-0.2, -0.15) is 0 Å². The van der Waals surface area contributed by atoms with Gasteiger partial charge in [0.2, 0.25) is 0 Å². The van der Waals surface area contributed by atoms with Gasteiger partial charge >= 0.3 is 0 Å². The number of methoxy groups -OCH3 is 1. The zero-order valence-corrected chi connectivity index (χ0v) is 12.6. The Balaban J connectivity index is -0.0000000833. The average molecular weight is 286 g/mol. The van der Waals surface area contributed by atoms with Crippen molar-refractivity contribution in [1.82, 2.24) is 5.32 Å². The highest BCUT2D eigenvalue weighted by molar-refractivity contribution is 5.62. The lowest BCUT2D eigenvalue weighted by molar-refractivity contribution is -0.134. The molecule has 8 heteroatoms. The van der Waals surface area contributed by atoms with Crippen LogP contribution >= 0.6 is 0 Å². The molecule has 0 aromatic heterocycles. The molecule has 0 aliphatic heterocycles. The fourth-order valence-corrected chi connectivity index (χ4v) is 0.380. The Kier molecular flexibility index (Phi) is 31.5. The number of hydrogen-bond acceptors (Lipinski definition) is 7. The molecule has 0 aromatic rings. The number of nitrogens with one attached hydrogen (secondary N) is 1. The van der Waals surface area contributed by atoms with E-state index in [1.807, 2.05) is 0 Å². The maximum absolute atomic E-state index is 9.00. The number of carbonyl (C=O) groups is 1. The van der Waals surface area contributed by atoms with Gasteiger partial charge in [0.05, 0.1) is 18.9 Å². The van der Waals surface area contributed by atoms with Crippen molar-refractivity contribution in [2.45, 2.75) is 46.2 Å². The smallest absolute Gasteiger partial charge is 0.300 e. The molecule has 0 spiro atoms. The second kappa shape index (κ2) is 22.4. The van der Waals surface area contributed by atoms with Crippen LogP contribution < -0.4 is 11.1 Å². The van der Waals surface area contributed by atoms with Gasteiger partial charge in [-0.05, 0) is 20.8 Å². The van der Waals surface area contributed by atoms with Crippen molar-refractivity contribution in [2.24, 2.45) is 5.73 Å². The molecule has 19 heavy (non-hydrogen) atoms. The summed E-state index contributed by atoms with van der Waals surface area (Å²) in [6, 6.07) is 0. The first-order valence-electron chi connectivity index (χ1n) is 5.63. The van der Waals surface area contributed by atoms with Crippen LogP contribution in [0, 0.1) is 0 Å². The first kappa shape index (κ1) is 26.7. The third-order valence-corrected chi connectivity index (χ3v) is 0.768. The van der Waals surface area contributed by atoms with E-state index in [1.165, 1.54) is 6.92 Å². The monoisotopic (exact) mass is 286 g/mol.